The van der Waals surface area contributed by atoms with Crippen LogP contribution in [0, 0.1) is 5.82 Å². The second-order valence-electron chi connectivity index (χ2n) is 6.19. The smallest absolute Gasteiger partial charge is 0.261 e. The maximum atomic E-state index is 13.0. The van der Waals surface area contributed by atoms with Crippen molar-refractivity contribution in [2.75, 3.05) is 20.3 Å². The van der Waals surface area contributed by atoms with Crippen LogP contribution in [0.15, 0.2) is 48.5 Å². The molecule has 2 aromatic carbocycles. The number of rotatable bonds is 9. The van der Waals surface area contributed by atoms with Crippen LogP contribution in [0.1, 0.15) is 19.4 Å². The first-order valence-corrected chi connectivity index (χ1v) is 9.03. The van der Waals surface area contributed by atoms with Crippen molar-refractivity contribution in [2.24, 2.45) is 0 Å². The topological polar surface area (TPSA) is 67.9 Å². The van der Waals surface area contributed by atoms with E-state index in [1.807, 2.05) is 25.1 Å². The van der Waals surface area contributed by atoms with Gasteiger partial charge in [0.15, 0.2) is 6.61 Å². The molecule has 6 nitrogen and oxygen atoms in total. The Morgan fingerprint density at radius 2 is 1.86 bits per heavy atom. The summed E-state index contributed by atoms with van der Waals surface area (Å²) in [5.74, 6) is 0.0504. The fourth-order valence-corrected chi connectivity index (χ4v) is 2.63. The average molecular weight is 388 g/mol. The van der Waals surface area contributed by atoms with E-state index >= 15 is 0 Å². The molecule has 0 spiro atoms. The summed E-state index contributed by atoms with van der Waals surface area (Å²) < 4.78 is 23.7. The number of nitrogens with zero attached hydrogens (tertiary/aromatic N) is 1. The quantitative estimate of drug-likeness (QED) is 0.717. The van der Waals surface area contributed by atoms with Crippen molar-refractivity contribution in [1.29, 1.82) is 0 Å². The third kappa shape index (κ3) is 5.97. The first-order valence-electron chi connectivity index (χ1n) is 9.03. The van der Waals surface area contributed by atoms with Crippen LogP contribution in [-0.4, -0.2) is 43.0 Å². The number of halogens is 1. The van der Waals surface area contributed by atoms with Crippen molar-refractivity contribution >= 4 is 11.8 Å². The summed E-state index contributed by atoms with van der Waals surface area (Å²) in [7, 11) is 1.57. The van der Waals surface area contributed by atoms with Gasteiger partial charge < -0.3 is 19.7 Å². The molecule has 2 aromatic rings. The number of benzene rings is 2. The van der Waals surface area contributed by atoms with Crippen molar-refractivity contribution in [3.05, 3.63) is 59.9 Å². The average Bonchev–Trinajstić information content (AvgIpc) is 2.71. The maximum Gasteiger partial charge on any atom is 0.261 e. The lowest BCUT2D eigenvalue weighted by atomic mass is 10.1. The lowest BCUT2D eigenvalue weighted by Gasteiger charge is -2.28. The van der Waals surface area contributed by atoms with Crippen molar-refractivity contribution in [1.82, 2.24) is 10.2 Å². The monoisotopic (exact) mass is 388 g/mol. The first-order chi connectivity index (χ1) is 13.4. The highest BCUT2D eigenvalue weighted by Gasteiger charge is 2.26. The molecule has 1 N–H and O–H groups in total. The number of methoxy groups -OCH3 is 1. The molecule has 0 fully saturated rings. The highest BCUT2D eigenvalue weighted by molar-refractivity contribution is 5.87. The van der Waals surface area contributed by atoms with Crippen molar-refractivity contribution in [2.45, 2.75) is 26.4 Å². The molecule has 2 amide bonds. The van der Waals surface area contributed by atoms with E-state index in [4.69, 9.17) is 9.47 Å². The molecule has 0 heterocycles. The normalized spacial score (nSPS) is 11.4. The molecular weight excluding hydrogens is 363 g/mol. The zero-order valence-corrected chi connectivity index (χ0v) is 16.3. The fourth-order valence-electron chi connectivity index (χ4n) is 2.63. The van der Waals surface area contributed by atoms with Gasteiger partial charge in [-0.15, -0.1) is 0 Å². The standard InChI is InChI=1S/C21H25FN2O4/c1-4-23-21(26)15(2)24(13-16-6-5-7-19(12-16)27-3)20(25)14-28-18-10-8-17(22)9-11-18/h5-12,15H,4,13-14H2,1-3H3,(H,23,26)/t15-/m1/s1. The Hall–Kier alpha value is -3.09. The largest absolute Gasteiger partial charge is 0.497 e. The highest BCUT2D eigenvalue weighted by atomic mass is 19.1. The Kier molecular flexibility index (Phi) is 7.80. The predicted molar refractivity (Wildman–Crippen MR) is 104 cm³/mol. The zero-order chi connectivity index (χ0) is 20.5. The van der Waals surface area contributed by atoms with Gasteiger partial charge in [0.25, 0.3) is 5.91 Å². The van der Waals surface area contributed by atoms with Crippen LogP contribution in [0.2, 0.25) is 0 Å². The third-order valence-corrected chi connectivity index (χ3v) is 4.18. The van der Waals surface area contributed by atoms with Gasteiger partial charge in [-0.25, -0.2) is 4.39 Å². The number of likely N-dealkylation sites (N-methyl/N-ethyl adjacent to an activating group) is 1. The summed E-state index contributed by atoms with van der Waals surface area (Å²) in [4.78, 5) is 26.6. The lowest BCUT2D eigenvalue weighted by molar-refractivity contribution is -0.142. The molecule has 7 heteroatoms. The zero-order valence-electron chi connectivity index (χ0n) is 16.3. The molecule has 1 atom stereocenters. The Morgan fingerprint density at radius 3 is 2.50 bits per heavy atom. The Balaban J connectivity index is 2.14. The number of nitrogens with one attached hydrogen (secondary N) is 1. The van der Waals surface area contributed by atoms with Gasteiger partial charge >= 0.3 is 0 Å². The number of hydrogen-bond acceptors (Lipinski definition) is 4. The molecule has 0 aliphatic carbocycles. The van der Waals surface area contributed by atoms with Crippen LogP contribution >= 0.6 is 0 Å². The second-order valence-corrected chi connectivity index (χ2v) is 6.19. The van der Waals surface area contributed by atoms with Crippen molar-refractivity contribution < 1.29 is 23.5 Å². The van der Waals surface area contributed by atoms with Gasteiger partial charge in [0.05, 0.1) is 7.11 Å². The molecule has 150 valence electrons. The highest BCUT2D eigenvalue weighted by Crippen LogP contribution is 2.17. The van der Waals surface area contributed by atoms with E-state index in [1.165, 1.54) is 29.2 Å². The molecule has 0 saturated heterocycles. The molecule has 0 aromatic heterocycles. The molecule has 0 saturated carbocycles. The maximum absolute atomic E-state index is 13.0. The van der Waals surface area contributed by atoms with Crippen molar-refractivity contribution in [3.63, 3.8) is 0 Å². The number of carbonyl (C=O) groups excluding carboxylic acids is 2. The molecule has 0 unspecified atom stereocenters. The molecular formula is C21H25FN2O4. The van der Waals surface area contributed by atoms with Gasteiger partial charge in [-0.05, 0) is 55.8 Å². The van der Waals surface area contributed by atoms with Gasteiger partial charge in [0.2, 0.25) is 5.91 Å². The van der Waals surface area contributed by atoms with Gasteiger partial charge in [-0.2, -0.15) is 0 Å². The van der Waals surface area contributed by atoms with E-state index < -0.39 is 6.04 Å². The van der Waals surface area contributed by atoms with Gasteiger partial charge in [0, 0.05) is 13.1 Å². The molecule has 0 aliphatic rings. The Bertz CT molecular complexity index is 795. The SMILES string of the molecule is CCNC(=O)[C@@H](C)N(Cc1cccc(OC)c1)C(=O)COc1ccc(F)cc1. The van der Waals surface area contributed by atoms with Crippen LogP contribution in [0.5, 0.6) is 11.5 Å². The van der Waals surface area contributed by atoms with E-state index in [2.05, 4.69) is 5.32 Å². The third-order valence-electron chi connectivity index (χ3n) is 4.18. The summed E-state index contributed by atoms with van der Waals surface area (Å²) in [5, 5.41) is 2.73. The van der Waals surface area contributed by atoms with E-state index in [0.29, 0.717) is 18.0 Å². The summed E-state index contributed by atoms with van der Waals surface area (Å²) >= 11 is 0. The minimum atomic E-state index is -0.685. The van der Waals surface area contributed by atoms with Crippen LogP contribution < -0.4 is 14.8 Å². The Morgan fingerprint density at radius 1 is 1.14 bits per heavy atom. The fraction of sp³-hybridized carbons (Fsp3) is 0.333. The molecule has 0 radical (unpaired) electrons. The van der Waals surface area contributed by atoms with Crippen LogP contribution in [0.25, 0.3) is 0 Å². The summed E-state index contributed by atoms with van der Waals surface area (Å²) in [6.45, 7) is 3.91. The molecule has 0 aliphatic heterocycles. The van der Waals surface area contributed by atoms with E-state index in [0.717, 1.165) is 5.56 Å². The first kappa shape index (κ1) is 21.2. The molecule has 2 rings (SSSR count). The van der Waals surface area contributed by atoms with Crippen LogP contribution in [0.3, 0.4) is 0 Å². The van der Waals surface area contributed by atoms with Gasteiger partial charge in [-0.1, -0.05) is 12.1 Å². The number of amides is 2. The summed E-state index contributed by atoms with van der Waals surface area (Å²) in [6, 6.07) is 12.0. The molecule has 28 heavy (non-hydrogen) atoms. The minimum absolute atomic E-state index is 0.223. The minimum Gasteiger partial charge on any atom is -0.497 e. The summed E-state index contributed by atoms with van der Waals surface area (Å²) in [6.07, 6.45) is 0. The lowest BCUT2D eigenvalue weighted by Crippen LogP contribution is -2.49. The summed E-state index contributed by atoms with van der Waals surface area (Å²) in [5.41, 5.74) is 0.825. The number of ether oxygens (including phenoxy) is 2. The second kappa shape index (κ2) is 10.3. The van der Waals surface area contributed by atoms with Gasteiger partial charge in [-0.3, -0.25) is 9.59 Å². The van der Waals surface area contributed by atoms with Gasteiger partial charge in [0.1, 0.15) is 23.4 Å². The van der Waals surface area contributed by atoms with Crippen LogP contribution in [0.4, 0.5) is 4.39 Å². The Labute approximate surface area is 164 Å². The molecule has 0 bridgehead atoms. The van der Waals surface area contributed by atoms with E-state index in [1.54, 1.807) is 20.1 Å². The predicted octanol–water partition coefficient (Wildman–Crippen LogP) is 2.77. The van der Waals surface area contributed by atoms with E-state index in [9.17, 15) is 14.0 Å². The number of hydrogen-bond donors (Lipinski definition) is 1. The van der Waals surface area contributed by atoms with Crippen LogP contribution in [-0.2, 0) is 16.1 Å². The van der Waals surface area contributed by atoms with Crippen molar-refractivity contribution in [3.8, 4) is 11.5 Å². The number of carbonyl (C=O) groups is 2. The van der Waals surface area contributed by atoms with E-state index in [-0.39, 0.29) is 30.8 Å².